The number of halogens is 1. The van der Waals surface area contributed by atoms with Gasteiger partial charge in [0.25, 0.3) is 0 Å². The topological polar surface area (TPSA) is 44.5 Å². The van der Waals surface area contributed by atoms with Crippen molar-refractivity contribution >= 4 is 0 Å². The van der Waals surface area contributed by atoms with Gasteiger partial charge in [0.15, 0.2) is 11.6 Å². The summed E-state index contributed by atoms with van der Waals surface area (Å²) in [5.41, 5.74) is 7.93. The van der Waals surface area contributed by atoms with Crippen LogP contribution in [0.15, 0.2) is 12.1 Å². The zero-order valence-corrected chi connectivity index (χ0v) is 12.4. The molecule has 0 atom stereocenters. The Morgan fingerprint density at radius 1 is 1.20 bits per heavy atom. The van der Waals surface area contributed by atoms with E-state index >= 15 is 0 Å². The second-order valence-corrected chi connectivity index (χ2v) is 5.62. The highest BCUT2D eigenvalue weighted by Gasteiger charge is 2.35. The number of hydrogen-bond acceptors (Lipinski definition) is 3. The van der Waals surface area contributed by atoms with Crippen molar-refractivity contribution in [3.63, 3.8) is 0 Å². The van der Waals surface area contributed by atoms with Crippen LogP contribution in [-0.4, -0.2) is 20.8 Å². The van der Waals surface area contributed by atoms with Crippen LogP contribution in [0.2, 0.25) is 0 Å². The summed E-state index contributed by atoms with van der Waals surface area (Å²) in [6.07, 6.45) is 5.58. The Balaban J connectivity index is 2.49. The fourth-order valence-electron chi connectivity index (χ4n) is 3.33. The molecule has 0 amide bonds. The molecule has 0 heterocycles. The summed E-state index contributed by atoms with van der Waals surface area (Å²) in [7, 11) is 3.13. The van der Waals surface area contributed by atoms with Crippen molar-refractivity contribution in [3.8, 4) is 5.75 Å². The molecule has 2 N–H and O–H groups in total. The van der Waals surface area contributed by atoms with Crippen LogP contribution in [0.5, 0.6) is 5.75 Å². The maximum absolute atomic E-state index is 14.1. The minimum Gasteiger partial charge on any atom is -0.494 e. The Labute approximate surface area is 120 Å². The van der Waals surface area contributed by atoms with Gasteiger partial charge in [-0.05, 0) is 36.1 Å². The number of methoxy groups -OCH3 is 2. The first-order valence-electron chi connectivity index (χ1n) is 7.23. The lowest BCUT2D eigenvalue weighted by Crippen LogP contribution is -2.38. The first-order chi connectivity index (χ1) is 9.66. The third kappa shape index (κ3) is 2.81. The van der Waals surface area contributed by atoms with E-state index < -0.39 is 0 Å². The van der Waals surface area contributed by atoms with Crippen molar-refractivity contribution in [1.29, 1.82) is 0 Å². The van der Waals surface area contributed by atoms with Crippen LogP contribution < -0.4 is 10.5 Å². The van der Waals surface area contributed by atoms with Crippen LogP contribution in [0, 0.1) is 5.82 Å². The van der Waals surface area contributed by atoms with Crippen LogP contribution in [0.1, 0.15) is 43.2 Å². The second-order valence-electron chi connectivity index (χ2n) is 5.62. The average Bonchev–Trinajstić information content (AvgIpc) is 2.49. The Morgan fingerprint density at radius 3 is 2.45 bits per heavy atom. The molecule has 0 aromatic heterocycles. The molecule has 1 aliphatic rings. The van der Waals surface area contributed by atoms with Gasteiger partial charge in [0.05, 0.1) is 13.7 Å². The van der Waals surface area contributed by atoms with Gasteiger partial charge in [0.2, 0.25) is 0 Å². The molecular formula is C16H24FNO2. The van der Waals surface area contributed by atoms with Crippen molar-refractivity contribution in [2.75, 3.05) is 20.8 Å². The van der Waals surface area contributed by atoms with Crippen molar-refractivity contribution in [3.05, 3.63) is 29.1 Å². The zero-order chi connectivity index (χ0) is 14.6. The van der Waals surface area contributed by atoms with Gasteiger partial charge in [-0.2, -0.15) is 0 Å². The maximum atomic E-state index is 14.1. The predicted molar refractivity (Wildman–Crippen MR) is 77.5 cm³/mol. The Kier molecular flexibility index (Phi) is 5.00. The molecule has 20 heavy (non-hydrogen) atoms. The fourth-order valence-corrected chi connectivity index (χ4v) is 3.33. The van der Waals surface area contributed by atoms with Gasteiger partial charge in [-0.3, -0.25) is 0 Å². The highest BCUT2D eigenvalue weighted by molar-refractivity contribution is 5.42. The van der Waals surface area contributed by atoms with Crippen molar-refractivity contribution < 1.29 is 13.9 Å². The fraction of sp³-hybridized carbons (Fsp3) is 0.625. The van der Waals surface area contributed by atoms with Crippen LogP contribution in [0.3, 0.4) is 0 Å². The smallest absolute Gasteiger partial charge is 0.165 e. The number of ether oxygens (including phenoxy) is 2. The van der Waals surface area contributed by atoms with E-state index in [9.17, 15) is 4.39 Å². The van der Waals surface area contributed by atoms with Crippen molar-refractivity contribution in [2.24, 2.45) is 5.73 Å². The van der Waals surface area contributed by atoms with E-state index in [1.165, 1.54) is 13.5 Å². The predicted octanol–water partition coefficient (Wildman–Crippen LogP) is 3.14. The summed E-state index contributed by atoms with van der Waals surface area (Å²) >= 11 is 0. The van der Waals surface area contributed by atoms with Gasteiger partial charge in [-0.15, -0.1) is 0 Å². The first kappa shape index (κ1) is 15.3. The van der Waals surface area contributed by atoms with Crippen LogP contribution in [0.4, 0.5) is 4.39 Å². The van der Waals surface area contributed by atoms with Crippen LogP contribution >= 0.6 is 0 Å². The van der Waals surface area contributed by atoms with E-state index in [2.05, 4.69) is 0 Å². The SMILES string of the molecule is COCc1cc(OC)c(F)cc1C1(CN)CCCCC1. The van der Waals surface area contributed by atoms with Crippen LogP contribution in [0.25, 0.3) is 0 Å². The van der Waals surface area contributed by atoms with E-state index in [1.807, 2.05) is 0 Å². The quantitative estimate of drug-likeness (QED) is 0.901. The normalized spacial score (nSPS) is 18.0. The molecule has 1 saturated carbocycles. The lowest BCUT2D eigenvalue weighted by Gasteiger charge is -2.38. The monoisotopic (exact) mass is 281 g/mol. The molecular weight excluding hydrogens is 257 g/mol. The van der Waals surface area contributed by atoms with E-state index in [1.54, 1.807) is 19.2 Å². The molecule has 3 nitrogen and oxygen atoms in total. The van der Waals surface area contributed by atoms with Gasteiger partial charge in [-0.25, -0.2) is 4.39 Å². The van der Waals surface area contributed by atoms with Crippen molar-refractivity contribution in [1.82, 2.24) is 0 Å². The Hall–Kier alpha value is -1.13. The number of rotatable bonds is 5. The molecule has 1 aromatic rings. The standard InChI is InChI=1S/C16H24FNO2/c1-19-10-12-8-15(20-2)14(17)9-13(12)16(11-18)6-4-3-5-7-16/h8-9H,3-7,10-11,18H2,1-2H3. The first-order valence-corrected chi connectivity index (χ1v) is 7.23. The van der Waals surface area contributed by atoms with Crippen LogP contribution in [-0.2, 0) is 16.8 Å². The molecule has 4 heteroatoms. The molecule has 0 saturated heterocycles. The maximum Gasteiger partial charge on any atom is 0.165 e. The molecule has 0 aliphatic heterocycles. The molecule has 1 aliphatic carbocycles. The molecule has 112 valence electrons. The number of hydrogen-bond donors (Lipinski definition) is 1. The van der Waals surface area contributed by atoms with Crippen molar-refractivity contribution in [2.45, 2.75) is 44.1 Å². The average molecular weight is 281 g/mol. The molecule has 1 fully saturated rings. The largest absolute Gasteiger partial charge is 0.494 e. The molecule has 0 spiro atoms. The zero-order valence-electron chi connectivity index (χ0n) is 12.4. The van der Waals surface area contributed by atoms with Gasteiger partial charge in [-0.1, -0.05) is 19.3 Å². The van der Waals surface area contributed by atoms with Gasteiger partial charge in [0.1, 0.15) is 0 Å². The van der Waals surface area contributed by atoms with E-state index in [0.29, 0.717) is 13.2 Å². The molecule has 0 radical (unpaired) electrons. The third-order valence-electron chi connectivity index (χ3n) is 4.45. The highest BCUT2D eigenvalue weighted by Crippen LogP contribution is 2.41. The minimum atomic E-state index is -0.319. The van der Waals surface area contributed by atoms with Gasteiger partial charge in [0, 0.05) is 19.1 Å². The molecule has 0 unspecified atom stereocenters. The minimum absolute atomic E-state index is 0.112. The van der Waals surface area contributed by atoms with E-state index in [0.717, 1.165) is 36.8 Å². The second kappa shape index (κ2) is 6.55. The Morgan fingerprint density at radius 2 is 1.90 bits per heavy atom. The summed E-state index contributed by atoms with van der Waals surface area (Å²) in [5, 5.41) is 0. The van der Waals surface area contributed by atoms with Gasteiger partial charge >= 0.3 is 0 Å². The van der Waals surface area contributed by atoms with E-state index in [4.69, 9.17) is 15.2 Å². The molecule has 2 rings (SSSR count). The summed E-state index contributed by atoms with van der Waals surface area (Å²) in [4.78, 5) is 0. The third-order valence-corrected chi connectivity index (χ3v) is 4.45. The van der Waals surface area contributed by atoms with E-state index in [-0.39, 0.29) is 17.0 Å². The molecule has 1 aromatic carbocycles. The number of benzene rings is 1. The van der Waals surface area contributed by atoms with Gasteiger partial charge < -0.3 is 15.2 Å². The highest BCUT2D eigenvalue weighted by atomic mass is 19.1. The number of nitrogens with two attached hydrogens (primary N) is 1. The summed E-state index contributed by atoms with van der Waals surface area (Å²) in [6.45, 7) is 1.00. The summed E-state index contributed by atoms with van der Waals surface area (Å²) in [5.74, 6) is -0.0514. The lowest BCUT2D eigenvalue weighted by atomic mass is 9.68. The molecule has 0 bridgehead atoms. The summed E-state index contributed by atoms with van der Waals surface area (Å²) < 4.78 is 24.5. The Bertz CT molecular complexity index is 456. The lowest BCUT2D eigenvalue weighted by molar-refractivity contribution is 0.180. The summed E-state index contributed by atoms with van der Waals surface area (Å²) in [6, 6.07) is 3.35.